The molecule has 2 aromatic carbocycles. The second-order valence-electron chi connectivity index (χ2n) is 8.40. The minimum absolute atomic E-state index is 0.209. The Bertz CT molecular complexity index is 1020. The van der Waals surface area contributed by atoms with Crippen LogP contribution < -0.4 is 14.8 Å². The van der Waals surface area contributed by atoms with Gasteiger partial charge in [0.05, 0.1) is 24.7 Å². The Balaban J connectivity index is 1.35. The molecule has 0 aliphatic heterocycles. The molecule has 6 heteroatoms. The molecule has 1 aliphatic rings. The number of rotatable bonds is 10. The standard InChI is InChI=1S/C26H33N3O3/c1-31-23-14-7-8-15-24(23)32-19-18-29-22-13-6-5-12-21(22)28-25(29)16-9-17-27-26(30)20-10-3-2-4-11-20/h5-8,12-15,20H,2-4,9-11,16-19H2,1H3,(H,27,30). The molecule has 170 valence electrons. The molecule has 4 rings (SSSR count). The molecular formula is C26H33N3O3. The first-order valence-electron chi connectivity index (χ1n) is 11.7. The Morgan fingerprint density at radius 3 is 2.62 bits per heavy atom. The summed E-state index contributed by atoms with van der Waals surface area (Å²) in [6.07, 6.45) is 7.38. The van der Waals surface area contributed by atoms with Gasteiger partial charge in [0.15, 0.2) is 11.5 Å². The van der Waals surface area contributed by atoms with Gasteiger partial charge in [0.25, 0.3) is 0 Å². The number of aryl methyl sites for hydroxylation is 1. The second kappa shape index (κ2) is 11.0. The van der Waals surface area contributed by atoms with E-state index in [4.69, 9.17) is 14.5 Å². The summed E-state index contributed by atoms with van der Waals surface area (Å²) in [5.41, 5.74) is 2.10. The van der Waals surface area contributed by atoms with Gasteiger partial charge >= 0.3 is 0 Å². The predicted molar refractivity (Wildman–Crippen MR) is 126 cm³/mol. The molecule has 1 aliphatic carbocycles. The van der Waals surface area contributed by atoms with Crippen molar-refractivity contribution in [1.29, 1.82) is 0 Å². The lowest BCUT2D eigenvalue weighted by molar-refractivity contribution is -0.125. The summed E-state index contributed by atoms with van der Waals surface area (Å²) in [7, 11) is 1.65. The van der Waals surface area contributed by atoms with Crippen molar-refractivity contribution < 1.29 is 14.3 Å². The van der Waals surface area contributed by atoms with Gasteiger partial charge in [0.2, 0.25) is 5.91 Å². The number of hydrogen-bond donors (Lipinski definition) is 1. The van der Waals surface area contributed by atoms with Crippen molar-refractivity contribution in [2.24, 2.45) is 5.92 Å². The molecule has 1 fully saturated rings. The summed E-state index contributed by atoms with van der Waals surface area (Å²) in [6.45, 7) is 1.91. The molecular weight excluding hydrogens is 402 g/mol. The van der Waals surface area contributed by atoms with Crippen molar-refractivity contribution in [3.63, 3.8) is 0 Å². The predicted octanol–water partition coefficient (Wildman–Crippen LogP) is 4.75. The van der Waals surface area contributed by atoms with Crippen molar-refractivity contribution >= 4 is 16.9 Å². The third-order valence-corrected chi connectivity index (χ3v) is 6.23. The number of ether oxygens (including phenoxy) is 2. The van der Waals surface area contributed by atoms with E-state index >= 15 is 0 Å². The third-order valence-electron chi connectivity index (χ3n) is 6.23. The van der Waals surface area contributed by atoms with Gasteiger partial charge in [-0.1, -0.05) is 43.5 Å². The number of carbonyl (C=O) groups excluding carboxylic acids is 1. The zero-order chi connectivity index (χ0) is 22.2. The monoisotopic (exact) mass is 435 g/mol. The Morgan fingerprint density at radius 1 is 1.06 bits per heavy atom. The van der Waals surface area contributed by atoms with Gasteiger partial charge in [-0.25, -0.2) is 4.98 Å². The lowest BCUT2D eigenvalue weighted by Gasteiger charge is -2.20. The van der Waals surface area contributed by atoms with Gasteiger partial charge in [-0.15, -0.1) is 0 Å². The Kier molecular flexibility index (Phi) is 7.64. The van der Waals surface area contributed by atoms with E-state index in [-0.39, 0.29) is 11.8 Å². The number of fused-ring (bicyclic) bond motifs is 1. The third kappa shape index (κ3) is 5.42. The molecule has 1 heterocycles. The molecule has 0 radical (unpaired) electrons. The molecule has 0 saturated heterocycles. The lowest BCUT2D eigenvalue weighted by Crippen LogP contribution is -2.32. The zero-order valence-corrected chi connectivity index (χ0v) is 18.9. The van der Waals surface area contributed by atoms with Crippen LogP contribution in [0.1, 0.15) is 44.3 Å². The number of benzene rings is 2. The summed E-state index contributed by atoms with van der Waals surface area (Å²) in [6, 6.07) is 15.9. The Labute approximate surface area is 189 Å². The summed E-state index contributed by atoms with van der Waals surface area (Å²) in [5, 5.41) is 3.14. The largest absolute Gasteiger partial charge is 0.493 e. The Morgan fingerprint density at radius 2 is 1.81 bits per heavy atom. The van der Waals surface area contributed by atoms with Crippen LogP contribution >= 0.6 is 0 Å². The van der Waals surface area contributed by atoms with Crippen LogP contribution in [0.3, 0.4) is 0 Å². The highest BCUT2D eigenvalue weighted by molar-refractivity contribution is 5.78. The van der Waals surface area contributed by atoms with E-state index in [9.17, 15) is 4.79 Å². The highest BCUT2D eigenvalue weighted by Gasteiger charge is 2.20. The van der Waals surface area contributed by atoms with Crippen molar-refractivity contribution in [3.8, 4) is 11.5 Å². The number of aromatic nitrogens is 2. The molecule has 32 heavy (non-hydrogen) atoms. The number of amides is 1. The number of nitrogens with one attached hydrogen (secondary N) is 1. The van der Waals surface area contributed by atoms with E-state index in [1.165, 1.54) is 19.3 Å². The highest BCUT2D eigenvalue weighted by atomic mass is 16.5. The van der Waals surface area contributed by atoms with E-state index in [0.717, 1.165) is 54.0 Å². The van der Waals surface area contributed by atoms with E-state index in [0.29, 0.717) is 19.7 Å². The number of methoxy groups -OCH3 is 1. The first-order valence-corrected chi connectivity index (χ1v) is 11.7. The fourth-order valence-corrected chi connectivity index (χ4v) is 4.52. The second-order valence-corrected chi connectivity index (χ2v) is 8.40. The normalized spacial score (nSPS) is 14.4. The van der Waals surface area contributed by atoms with Crippen LogP contribution in [0.15, 0.2) is 48.5 Å². The van der Waals surface area contributed by atoms with Gasteiger partial charge in [-0.2, -0.15) is 0 Å². The van der Waals surface area contributed by atoms with Crippen molar-refractivity contribution in [2.75, 3.05) is 20.3 Å². The molecule has 3 aromatic rings. The number of hydrogen-bond acceptors (Lipinski definition) is 4. The first-order chi connectivity index (χ1) is 15.8. The maximum absolute atomic E-state index is 12.4. The SMILES string of the molecule is COc1ccccc1OCCn1c(CCCNC(=O)C2CCCCC2)nc2ccccc21. The quantitative estimate of drug-likeness (QED) is 0.467. The van der Waals surface area contributed by atoms with Gasteiger partial charge in [-0.05, 0) is 43.5 Å². The molecule has 1 saturated carbocycles. The van der Waals surface area contributed by atoms with E-state index in [1.807, 2.05) is 42.5 Å². The maximum atomic E-state index is 12.4. The first kappa shape index (κ1) is 22.2. The molecule has 1 amide bonds. The van der Waals surface area contributed by atoms with Gasteiger partial charge in [0, 0.05) is 18.9 Å². The summed E-state index contributed by atoms with van der Waals surface area (Å²) in [5.74, 6) is 2.94. The highest BCUT2D eigenvalue weighted by Crippen LogP contribution is 2.26. The number of nitrogens with zero attached hydrogens (tertiary/aromatic N) is 2. The number of imidazole rings is 1. The minimum atomic E-state index is 0.209. The topological polar surface area (TPSA) is 65.4 Å². The van der Waals surface area contributed by atoms with Crippen LogP contribution in [0.4, 0.5) is 0 Å². The van der Waals surface area contributed by atoms with Gasteiger partial charge in [-0.3, -0.25) is 4.79 Å². The van der Waals surface area contributed by atoms with E-state index in [2.05, 4.69) is 16.0 Å². The van der Waals surface area contributed by atoms with Crippen LogP contribution in [0.25, 0.3) is 11.0 Å². The van der Waals surface area contributed by atoms with Crippen molar-refractivity contribution in [3.05, 3.63) is 54.4 Å². The zero-order valence-electron chi connectivity index (χ0n) is 18.9. The average Bonchev–Trinajstić information content (AvgIpc) is 3.20. The molecule has 0 spiro atoms. The Hall–Kier alpha value is -3.02. The van der Waals surface area contributed by atoms with Crippen LogP contribution in [0.2, 0.25) is 0 Å². The molecule has 6 nitrogen and oxygen atoms in total. The lowest BCUT2D eigenvalue weighted by atomic mass is 9.89. The smallest absolute Gasteiger partial charge is 0.223 e. The van der Waals surface area contributed by atoms with Crippen LogP contribution in [0, 0.1) is 5.92 Å². The van der Waals surface area contributed by atoms with Crippen LogP contribution in [-0.2, 0) is 17.8 Å². The molecule has 0 atom stereocenters. The van der Waals surface area contributed by atoms with Crippen LogP contribution in [0.5, 0.6) is 11.5 Å². The van der Waals surface area contributed by atoms with Crippen LogP contribution in [-0.4, -0.2) is 35.7 Å². The fraction of sp³-hybridized carbons (Fsp3) is 0.462. The molecule has 0 bridgehead atoms. The minimum Gasteiger partial charge on any atom is -0.493 e. The molecule has 1 N–H and O–H groups in total. The van der Waals surface area contributed by atoms with E-state index in [1.54, 1.807) is 7.11 Å². The molecule has 0 unspecified atom stereocenters. The van der Waals surface area contributed by atoms with Crippen molar-refractivity contribution in [2.45, 2.75) is 51.5 Å². The number of carbonyl (C=O) groups is 1. The summed E-state index contributed by atoms with van der Waals surface area (Å²) in [4.78, 5) is 17.2. The summed E-state index contributed by atoms with van der Waals surface area (Å²) < 4.78 is 13.6. The van der Waals surface area contributed by atoms with Gasteiger partial charge in [0.1, 0.15) is 12.4 Å². The van der Waals surface area contributed by atoms with E-state index < -0.39 is 0 Å². The average molecular weight is 436 g/mol. The number of para-hydroxylation sites is 4. The fourth-order valence-electron chi connectivity index (χ4n) is 4.52. The van der Waals surface area contributed by atoms with Gasteiger partial charge < -0.3 is 19.4 Å². The van der Waals surface area contributed by atoms with Crippen molar-refractivity contribution in [1.82, 2.24) is 14.9 Å². The maximum Gasteiger partial charge on any atom is 0.223 e. The summed E-state index contributed by atoms with van der Waals surface area (Å²) >= 11 is 0. The molecule has 1 aromatic heterocycles.